The van der Waals surface area contributed by atoms with E-state index < -0.39 is 10.8 Å². The van der Waals surface area contributed by atoms with Gasteiger partial charge in [-0.05, 0) is 45.2 Å². The molecular formula is C22H32N4O2S. The molecule has 1 aromatic heterocycles. The molecule has 2 N–H and O–H groups in total. The van der Waals surface area contributed by atoms with Crippen molar-refractivity contribution in [1.82, 2.24) is 15.6 Å². The molecule has 29 heavy (non-hydrogen) atoms. The quantitative estimate of drug-likeness (QED) is 0.530. The van der Waals surface area contributed by atoms with Crippen molar-refractivity contribution in [3.63, 3.8) is 0 Å². The average molecular weight is 417 g/mol. The second-order valence-corrected chi connectivity index (χ2v) is 9.51. The third-order valence-electron chi connectivity index (χ3n) is 5.22. The lowest BCUT2D eigenvalue weighted by molar-refractivity contribution is 0.413. The Balaban J connectivity index is 1.62. The molecule has 1 aliphatic carbocycles. The fourth-order valence-electron chi connectivity index (χ4n) is 3.63. The van der Waals surface area contributed by atoms with E-state index in [0.29, 0.717) is 23.7 Å². The first kappa shape index (κ1) is 21.6. The van der Waals surface area contributed by atoms with Gasteiger partial charge in [-0.2, -0.15) is 0 Å². The number of rotatable bonds is 7. The summed E-state index contributed by atoms with van der Waals surface area (Å²) < 4.78 is 17.8. The van der Waals surface area contributed by atoms with Crippen molar-refractivity contribution in [3.8, 4) is 11.5 Å². The van der Waals surface area contributed by atoms with Crippen molar-refractivity contribution in [1.29, 1.82) is 0 Å². The Morgan fingerprint density at radius 3 is 2.79 bits per heavy atom. The van der Waals surface area contributed by atoms with E-state index in [2.05, 4.69) is 34.5 Å². The lowest BCUT2D eigenvalue weighted by atomic mass is 9.95. The van der Waals surface area contributed by atoms with Crippen LogP contribution in [0.5, 0.6) is 0 Å². The van der Waals surface area contributed by atoms with E-state index in [0.717, 1.165) is 55.2 Å². The summed E-state index contributed by atoms with van der Waals surface area (Å²) in [6, 6.07) is 8.43. The fraction of sp³-hybridized carbons (Fsp3) is 0.545. The Morgan fingerprint density at radius 1 is 1.28 bits per heavy atom. The summed E-state index contributed by atoms with van der Waals surface area (Å²) in [5.41, 5.74) is 2.97. The molecule has 3 atom stereocenters. The fourth-order valence-corrected chi connectivity index (χ4v) is 4.98. The molecule has 3 unspecified atom stereocenters. The minimum atomic E-state index is -0.726. The molecule has 1 heterocycles. The zero-order chi connectivity index (χ0) is 20.6. The molecule has 1 aliphatic rings. The third kappa shape index (κ3) is 6.16. The smallest absolute Gasteiger partial charge is 0.226 e. The van der Waals surface area contributed by atoms with E-state index in [4.69, 9.17) is 4.42 Å². The van der Waals surface area contributed by atoms with Crippen LogP contribution >= 0.6 is 0 Å². The van der Waals surface area contributed by atoms with Gasteiger partial charge in [0.2, 0.25) is 5.89 Å². The molecule has 0 aliphatic heterocycles. The first-order valence-electron chi connectivity index (χ1n) is 10.5. The van der Waals surface area contributed by atoms with Gasteiger partial charge in [0, 0.05) is 40.0 Å². The highest BCUT2D eigenvalue weighted by Gasteiger charge is 2.26. The van der Waals surface area contributed by atoms with Crippen molar-refractivity contribution in [2.75, 3.05) is 12.3 Å². The number of aliphatic imine (C=N–C) groups is 1. The standard InChI is InChI=1S/C22H32N4O2S/c1-4-23-22(26-18-7-6-8-20(13-18)29(27)5-2)24-14-19-15-28-21(25-19)17-11-9-16(3)10-12-17/h9-12,15,18,20H,4-8,13-14H2,1-3H3,(H2,23,24,26). The lowest BCUT2D eigenvalue weighted by Crippen LogP contribution is -2.46. The summed E-state index contributed by atoms with van der Waals surface area (Å²) in [5, 5.41) is 7.13. The molecular weight excluding hydrogens is 384 g/mol. The first-order valence-corrected chi connectivity index (χ1v) is 11.9. The largest absolute Gasteiger partial charge is 0.444 e. The van der Waals surface area contributed by atoms with Crippen LogP contribution in [0.15, 0.2) is 39.9 Å². The van der Waals surface area contributed by atoms with Gasteiger partial charge in [0.1, 0.15) is 12.0 Å². The Hall–Kier alpha value is -2.15. The molecule has 1 saturated carbocycles. The van der Waals surface area contributed by atoms with Crippen LogP contribution in [0.1, 0.15) is 50.8 Å². The van der Waals surface area contributed by atoms with Crippen molar-refractivity contribution >= 4 is 16.8 Å². The van der Waals surface area contributed by atoms with Crippen molar-refractivity contribution < 1.29 is 8.63 Å². The van der Waals surface area contributed by atoms with Gasteiger partial charge in [0.25, 0.3) is 0 Å². The summed E-state index contributed by atoms with van der Waals surface area (Å²) in [6.07, 6.45) is 5.86. The number of benzene rings is 1. The van der Waals surface area contributed by atoms with Crippen LogP contribution in [0, 0.1) is 6.92 Å². The van der Waals surface area contributed by atoms with Crippen LogP contribution in [-0.4, -0.2) is 38.7 Å². The van der Waals surface area contributed by atoms with Gasteiger partial charge in [-0.1, -0.05) is 31.0 Å². The number of aryl methyl sites for hydroxylation is 1. The minimum absolute atomic E-state index is 0.293. The van der Waals surface area contributed by atoms with Crippen LogP contribution < -0.4 is 10.6 Å². The highest BCUT2D eigenvalue weighted by atomic mass is 32.2. The van der Waals surface area contributed by atoms with E-state index in [1.807, 2.05) is 31.2 Å². The molecule has 2 aromatic rings. The number of nitrogens with one attached hydrogen (secondary N) is 2. The van der Waals surface area contributed by atoms with Gasteiger partial charge in [-0.3, -0.25) is 4.21 Å². The van der Waals surface area contributed by atoms with Crippen molar-refractivity contribution in [2.45, 2.75) is 64.3 Å². The lowest BCUT2D eigenvalue weighted by Gasteiger charge is -2.30. The van der Waals surface area contributed by atoms with Crippen LogP contribution in [-0.2, 0) is 17.3 Å². The van der Waals surface area contributed by atoms with E-state index in [9.17, 15) is 4.21 Å². The molecule has 6 nitrogen and oxygen atoms in total. The zero-order valence-corrected chi connectivity index (χ0v) is 18.4. The molecule has 7 heteroatoms. The van der Waals surface area contributed by atoms with Gasteiger partial charge in [-0.25, -0.2) is 9.98 Å². The molecule has 0 saturated heterocycles. The van der Waals surface area contributed by atoms with Crippen LogP contribution in [0.3, 0.4) is 0 Å². The molecule has 0 spiro atoms. The molecule has 1 aromatic carbocycles. The number of guanidine groups is 1. The highest BCUT2D eigenvalue weighted by molar-refractivity contribution is 7.85. The average Bonchev–Trinajstić information content (AvgIpc) is 3.21. The summed E-state index contributed by atoms with van der Waals surface area (Å²) >= 11 is 0. The summed E-state index contributed by atoms with van der Waals surface area (Å²) in [6.45, 7) is 7.35. The third-order valence-corrected chi connectivity index (χ3v) is 6.96. The van der Waals surface area contributed by atoms with E-state index in [1.54, 1.807) is 6.26 Å². The first-order chi connectivity index (χ1) is 14.1. The summed E-state index contributed by atoms with van der Waals surface area (Å²) in [4.78, 5) is 9.25. The van der Waals surface area contributed by atoms with E-state index in [-0.39, 0.29) is 0 Å². The number of hydrogen-bond donors (Lipinski definition) is 2. The van der Waals surface area contributed by atoms with Crippen molar-refractivity contribution in [2.24, 2.45) is 4.99 Å². The summed E-state index contributed by atoms with van der Waals surface area (Å²) in [7, 11) is -0.726. The molecule has 3 rings (SSSR count). The van der Waals surface area contributed by atoms with E-state index in [1.165, 1.54) is 5.56 Å². The molecule has 0 bridgehead atoms. The number of nitrogens with zero attached hydrogens (tertiary/aromatic N) is 2. The normalized spacial score (nSPS) is 21.0. The molecule has 158 valence electrons. The minimum Gasteiger partial charge on any atom is -0.444 e. The second-order valence-electron chi connectivity index (χ2n) is 7.50. The van der Waals surface area contributed by atoms with Crippen LogP contribution in [0.25, 0.3) is 11.5 Å². The topological polar surface area (TPSA) is 79.5 Å². The number of oxazole rings is 1. The van der Waals surface area contributed by atoms with Crippen molar-refractivity contribution in [3.05, 3.63) is 41.8 Å². The monoisotopic (exact) mass is 416 g/mol. The molecule has 0 radical (unpaired) electrons. The molecule has 1 fully saturated rings. The number of aromatic nitrogens is 1. The van der Waals surface area contributed by atoms with Gasteiger partial charge in [0.15, 0.2) is 5.96 Å². The Bertz CT molecular complexity index is 832. The van der Waals surface area contributed by atoms with Crippen LogP contribution in [0.2, 0.25) is 0 Å². The Morgan fingerprint density at radius 2 is 2.07 bits per heavy atom. The molecule has 0 amide bonds. The Kier molecular flexibility index (Phi) is 7.86. The van der Waals surface area contributed by atoms with Gasteiger partial charge in [-0.15, -0.1) is 0 Å². The maximum atomic E-state index is 12.2. The summed E-state index contributed by atoms with van der Waals surface area (Å²) in [5.74, 6) is 2.13. The van der Waals surface area contributed by atoms with Gasteiger partial charge in [0.05, 0.1) is 6.54 Å². The zero-order valence-electron chi connectivity index (χ0n) is 17.6. The highest BCUT2D eigenvalue weighted by Crippen LogP contribution is 2.23. The van der Waals surface area contributed by atoms with Gasteiger partial charge < -0.3 is 15.1 Å². The predicted octanol–water partition coefficient (Wildman–Crippen LogP) is 3.78. The second kappa shape index (κ2) is 10.6. The van der Waals surface area contributed by atoms with Gasteiger partial charge >= 0.3 is 0 Å². The predicted molar refractivity (Wildman–Crippen MR) is 119 cm³/mol. The maximum Gasteiger partial charge on any atom is 0.226 e. The Labute approximate surface area is 176 Å². The number of hydrogen-bond acceptors (Lipinski definition) is 4. The maximum absolute atomic E-state index is 12.2. The van der Waals surface area contributed by atoms with Crippen LogP contribution in [0.4, 0.5) is 0 Å². The van der Waals surface area contributed by atoms with E-state index >= 15 is 0 Å². The SMILES string of the molecule is CCNC(=NCc1coc(-c2ccc(C)cc2)n1)NC1CCCC(S(=O)CC)C1.